The normalized spacial score (nSPS) is 12.1. The molecule has 30 heavy (non-hydrogen) atoms. The van der Waals surface area contributed by atoms with Crippen molar-refractivity contribution in [3.63, 3.8) is 0 Å². The highest BCUT2D eigenvalue weighted by molar-refractivity contribution is 5.52. The Kier molecular flexibility index (Phi) is 5.71. The summed E-state index contributed by atoms with van der Waals surface area (Å²) in [6, 6.07) is 18.5. The van der Waals surface area contributed by atoms with Gasteiger partial charge in [-0.3, -0.25) is 0 Å². The molecule has 4 N–H and O–H groups in total. The summed E-state index contributed by atoms with van der Waals surface area (Å²) in [5, 5.41) is 40.4. The van der Waals surface area contributed by atoms with Gasteiger partial charge in [0.1, 0.15) is 0 Å². The monoisotopic (exact) mass is 406 g/mol. The number of benzene rings is 3. The quantitative estimate of drug-likeness (QED) is 0.405. The molecule has 0 heterocycles. The standard InChI is InChI=1S/C26H30O4/c1-25(2,19-8-6-5-7-9-19)16-18-12-20(24(30)23(29)14-18)26(3,4)15-17-10-11-21(27)22(28)13-17/h5-14,27-30H,15-16H2,1-4H3. The molecular weight excluding hydrogens is 376 g/mol. The molecule has 158 valence electrons. The largest absolute Gasteiger partial charge is 0.504 e. The minimum absolute atomic E-state index is 0.121. The van der Waals surface area contributed by atoms with Crippen LogP contribution in [0.25, 0.3) is 0 Å². The summed E-state index contributed by atoms with van der Waals surface area (Å²) >= 11 is 0. The van der Waals surface area contributed by atoms with E-state index in [0.29, 0.717) is 18.4 Å². The van der Waals surface area contributed by atoms with Crippen molar-refractivity contribution >= 4 is 0 Å². The van der Waals surface area contributed by atoms with Gasteiger partial charge in [0.15, 0.2) is 23.0 Å². The second kappa shape index (κ2) is 7.94. The van der Waals surface area contributed by atoms with Crippen LogP contribution >= 0.6 is 0 Å². The molecule has 0 aliphatic rings. The van der Waals surface area contributed by atoms with Gasteiger partial charge in [0.25, 0.3) is 0 Å². The number of rotatable bonds is 6. The zero-order valence-corrected chi connectivity index (χ0v) is 18.0. The van der Waals surface area contributed by atoms with Crippen LogP contribution in [-0.4, -0.2) is 20.4 Å². The molecule has 4 nitrogen and oxygen atoms in total. The molecule has 3 rings (SSSR count). The lowest BCUT2D eigenvalue weighted by Crippen LogP contribution is -2.23. The molecule has 3 aromatic carbocycles. The number of phenols is 4. The van der Waals surface area contributed by atoms with Gasteiger partial charge in [0.05, 0.1) is 0 Å². The lowest BCUT2D eigenvalue weighted by molar-refractivity contribution is 0.381. The van der Waals surface area contributed by atoms with E-state index < -0.39 is 5.41 Å². The Morgan fingerprint density at radius 2 is 1.20 bits per heavy atom. The third-order valence-electron chi connectivity index (χ3n) is 5.77. The van der Waals surface area contributed by atoms with E-state index in [9.17, 15) is 20.4 Å². The maximum atomic E-state index is 10.6. The third-order valence-corrected chi connectivity index (χ3v) is 5.77. The second-order valence-corrected chi connectivity index (χ2v) is 9.32. The topological polar surface area (TPSA) is 80.9 Å². The van der Waals surface area contributed by atoms with Gasteiger partial charge in [-0.25, -0.2) is 0 Å². The smallest absolute Gasteiger partial charge is 0.161 e. The molecular formula is C26H30O4. The average Bonchev–Trinajstić information content (AvgIpc) is 2.67. The Morgan fingerprint density at radius 3 is 1.83 bits per heavy atom. The van der Waals surface area contributed by atoms with Gasteiger partial charge in [0, 0.05) is 5.56 Å². The molecule has 0 fully saturated rings. The minimum atomic E-state index is -0.516. The second-order valence-electron chi connectivity index (χ2n) is 9.32. The number of aromatic hydroxyl groups is 4. The zero-order chi connectivity index (χ0) is 22.1. The van der Waals surface area contributed by atoms with Gasteiger partial charge in [-0.2, -0.15) is 0 Å². The molecule has 0 bridgehead atoms. The van der Waals surface area contributed by atoms with E-state index in [-0.39, 0.29) is 28.4 Å². The van der Waals surface area contributed by atoms with E-state index in [4.69, 9.17) is 0 Å². The van der Waals surface area contributed by atoms with Gasteiger partial charge < -0.3 is 20.4 Å². The SMILES string of the molecule is CC(C)(Cc1cc(O)c(O)c(C(C)(C)Cc2ccc(O)c(O)c2)c1)c1ccccc1. The van der Waals surface area contributed by atoms with Crippen molar-refractivity contribution in [2.45, 2.75) is 51.4 Å². The van der Waals surface area contributed by atoms with Gasteiger partial charge >= 0.3 is 0 Å². The van der Waals surface area contributed by atoms with E-state index in [0.717, 1.165) is 11.1 Å². The van der Waals surface area contributed by atoms with Crippen molar-refractivity contribution in [3.8, 4) is 23.0 Å². The Labute approximate surface area is 178 Å². The van der Waals surface area contributed by atoms with Crippen molar-refractivity contribution in [2.75, 3.05) is 0 Å². The van der Waals surface area contributed by atoms with Gasteiger partial charge in [-0.05, 0) is 58.6 Å². The summed E-state index contributed by atoms with van der Waals surface area (Å²) in [5.74, 6) is -0.590. The lowest BCUT2D eigenvalue weighted by Gasteiger charge is -2.30. The average molecular weight is 407 g/mol. The predicted octanol–water partition coefficient (Wildman–Crippen LogP) is 5.55. The Bertz CT molecular complexity index is 1040. The first-order valence-electron chi connectivity index (χ1n) is 10.1. The van der Waals surface area contributed by atoms with E-state index in [2.05, 4.69) is 26.0 Å². The maximum Gasteiger partial charge on any atom is 0.161 e. The van der Waals surface area contributed by atoms with Crippen LogP contribution in [0.3, 0.4) is 0 Å². The van der Waals surface area contributed by atoms with Crippen LogP contribution < -0.4 is 0 Å². The molecule has 4 heteroatoms. The Morgan fingerprint density at radius 1 is 0.600 bits per heavy atom. The fourth-order valence-corrected chi connectivity index (χ4v) is 4.08. The zero-order valence-electron chi connectivity index (χ0n) is 18.0. The van der Waals surface area contributed by atoms with Crippen molar-refractivity contribution in [1.29, 1.82) is 0 Å². The molecule has 0 aliphatic heterocycles. The van der Waals surface area contributed by atoms with Crippen molar-refractivity contribution < 1.29 is 20.4 Å². The summed E-state index contributed by atoms with van der Waals surface area (Å²) in [6.07, 6.45) is 1.22. The van der Waals surface area contributed by atoms with Gasteiger partial charge in [-0.1, -0.05) is 70.2 Å². The Hall–Kier alpha value is -3.14. The summed E-state index contributed by atoms with van der Waals surface area (Å²) in [7, 11) is 0. The molecule has 0 amide bonds. The molecule has 0 spiro atoms. The summed E-state index contributed by atoms with van der Waals surface area (Å²) in [4.78, 5) is 0. The molecule has 0 saturated carbocycles. The van der Waals surface area contributed by atoms with Crippen LogP contribution in [0, 0.1) is 0 Å². The predicted molar refractivity (Wildman–Crippen MR) is 119 cm³/mol. The van der Waals surface area contributed by atoms with Crippen LogP contribution in [0.4, 0.5) is 0 Å². The molecule has 0 radical (unpaired) electrons. The fourth-order valence-electron chi connectivity index (χ4n) is 4.08. The lowest BCUT2D eigenvalue weighted by atomic mass is 9.75. The molecule has 0 aliphatic carbocycles. The summed E-state index contributed by atoms with van der Waals surface area (Å²) < 4.78 is 0. The first-order chi connectivity index (χ1) is 14.0. The summed E-state index contributed by atoms with van der Waals surface area (Å²) in [6.45, 7) is 8.29. The highest BCUT2D eigenvalue weighted by Gasteiger charge is 2.29. The number of hydrogen-bond acceptors (Lipinski definition) is 4. The van der Waals surface area contributed by atoms with E-state index in [1.807, 2.05) is 38.1 Å². The maximum absolute atomic E-state index is 10.6. The highest BCUT2D eigenvalue weighted by Crippen LogP contribution is 2.42. The minimum Gasteiger partial charge on any atom is -0.504 e. The van der Waals surface area contributed by atoms with E-state index in [1.165, 1.54) is 17.7 Å². The van der Waals surface area contributed by atoms with Crippen LogP contribution in [0.1, 0.15) is 49.9 Å². The van der Waals surface area contributed by atoms with E-state index >= 15 is 0 Å². The van der Waals surface area contributed by atoms with Crippen LogP contribution in [0.2, 0.25) is 0 Å². The van der Waals surface area contributed by atoms with Crippen molar-refractivity contribution in [3.05, 3.63) is 82.9 Å². The number of phenolic OH excluding ortho intramolecular Hbond substituents is 4. The van der Waals surface area contributed by atoms with Crippen LogP contribution in [0.5, 0.6) is 23.0 Å². The fraction of sp³-hybridized carbons (Fsp3) is 0.308. The molecule has 0 unspecified atom stereocenters. The Balaban J connectivity index is 1.94. The van der Waals surface area contributed by atoms with Crippen LogP contribution in [0.15, 0.2) is 60.7 Å². The first kappa shape index (κ1) is 21.6. The molecule has 0 atom stereocenters. The first-order valence-corrected chi connectivity index (χ1v) is 10.1. The molecule has 3 aromatic rings. The highest BCUT2D eigenvalue weighted by atomic mass is 16.3. The number of hydrogen-bond donors (Lipinski definition) is 4. The van der Waals surface area contributed by atoms with Crippen molar-refractivity contribution in [2.24, 2.45) is 0 Å². The van der Waals surface area contributed by atoms with Crippen molar-refractivity contribution in [1.82, 2.24) is 0 Å². The van der Waals surface area contributed by atoms with Crippen LogP contribution in [-0.2, 0) is 23.7 Å². The van der Waals surface area contributed by atoms with Gasteiger partial charge in [0.2, 0.25) is 0 Å². The molecule has 0 saturated heterocycles. The van der Waals surface area contributed by atoms with E-state index in [1.54, 1.807) is 12.1 Å². The molecule has 0 aromatic heterocycles. The summed E-state index contributed by atoms with van der Waals surface area (Å²) in [5.41, 5.74) is 2.96. The third kappa shape index (κ3) is 4.54. The van der Waals surface area contributed by atoms with Gasteiger partial charge in [-0.15, -0.1) is 0 Å².